The van der Waals surface area contributed by atoms with Crippen molar-refractivity contribution >= 4 is 21.6 Å². The number of likely N-dealkylation sites (N-methyl/N-ethyl adjacent to an activating group) is 1. The van der Waals surface area contributed by atoms with Gasteiger partial charge in [0.15, 0.2) is 0 Å². The van der Waals surface area contributed by atoms with E-state index in [1.807, 2.05) is 6.07 Å². The van der Waals surface area contributed by atoms with Gasteiger partial charge in [-0.2, -0.15) is 0 Å². The van der Waals surface area contributed by atoms with E-state index in [9.17, 15) is 0 Å². The highest BCUT2D eigenvalue weighted by Crippen LogP contribution is 2.35. The van der Waals surface area contributed by atoms with Crippen molar-refractivity contribution in [3.63, 3.8) is 0 Å². The zero-order chi connectivity index (χ0) is 13.3. The topological polar surface area (TPSA) is 32.5 Å². The van der Waals surface area contributed by atoms with Gasteiger partial charge in [0, 0.05) is 29.6 Å². The Kier molecular flexibility index (Phi) is 3.99. The lowest BCUT2D eigenvalue weighted by Crippen LogP contribution is -2.65. The van der Waals surface area contributed by atoms with E-state index in [0.717, 1.165) is 17.6 Å². The van der Waals surface area contributed by atoms with Crippen LogP contribution in [0.4, 0.5) is 5.69 Å². The minimum Gasteiger partial charge on any atom is -0.359 e. The number of anilines is 1. The van der Waals surface area contributed by atoms with Crippen molar-refractivity contribution in [3.8, 4) is 0 Å². The maximum atomic E-state index is 5.98. The lowest BCUT2D eigenvalue weighted by atomic mass is 9.94. The molecule has 0 amide bonds. The summed E-state index contributed by atoms with van der Waals surface area (Å²) in [5, 5.41) is 0. The zero-order valence-corrected chi connectivity index (χ0v) is 12.9. The second kappa shape index (κ2) is 5.19. The Morgan fingerprint density at radius 3 is 2.67 bits per heavy atom. The van der Waals surface area contributed by atoms with Crippen LogP contribution in [0.15, 0.2) is 28.7 Å². The number of para-hydroxylation sites is 1. The van der Waals surface area contributed by atoms with Crippen LogP contribution in [0.2, 0.25) is 0 Å². The first-order valence-electron chi connectivity index (χ1n) is 6.38. The Morgan fingerprint density at radius 2 is 2.06 bits per heavy atom. The minimum atomic E-state index is 0.0842. The van der Waals surface area contributed by atoms with Gasteiger partial charge >= 0.3 is 0 Å². The molecule has 1 aromatic carbocycles. The molecule has 0 aliphatic carbocycles. The van der Waals surface area contributed by atoms with Gasteiger partial charge in [-0.25, -0.2) is 0 Å². The molecule has 100 valence electrons. The van der Waals surface area contributed by atoms with E-state index in [1.165, 1.54) is 5.69 Å². The number of benzene rings is 1. The van der Waals surface area contributed by atoms with Gasteiger partial charge in [0.1, 0.15) is 0 Å². The molecule has 3 nitrogen and oxygen atoms in total. The average Bonchev–Trinajstić information content (AvgIpc) is 2.28. The average molecular weight is 312 g/mol. The van der Waals surface area contributed by atoms with E-state index >= 15 is 0 Å². The Hall–Kier alpha value is -0.580. The van der Waals surface area contributed by atoms with Gasteiger partial charge in [-0.15, -0.1) is 0 Å². The maximum absolute atomic E-state index is 5.98. The van der Waals surface area contributed by atoms with Gasteiger partial charge in [-0.05, 0) is 49.0 Å². The molecule has 0 saturated carbocycles. The number of hydrogen-bond acceptors (Lipinski definition) is 3. The lowest BCUT2D eigenvalue weighted by molar-refractivity contribution is 0.182. The van der Waals surface area contributed by atoms with Crippen LogP contribution in [-0.4, -0.2) is 43.2 Å². The van der Waals surface area contributed by atoms with Crippen LogP contribution in [0.1, 0.15) is 13.8 Å². The molecule has 1 fully saturated rings. The summed E-state index contributed by atoms with van der Waals surface area (Å²) in [4.78, 5) is 4.84. The van der Waals surface area contributed by atoms with Gasteiger partial charge in [0.25, 0.3) is 0 Å². The number of nitrogens with zero attached hydrogens (tertiary/aromatic N) is 2. The number of piperazine rings is 1. The van der Waals surface area contributed by atoms with Crippen molar-refractivity contribution in [2.75, 3.05) is 31.6 Å². The summed E-state index contributed by atoms with van der Waals surface area (Å²) in [6.07, 6.45) is 0. The molecule has 1 unspecified atom stereocenters. The van der Waals surface area contributed by atoms with E-state index in [2.05, 4.69) is 64.8 Å². The van der Waals surface area contributed by atoms with Gasteiger partial charge in [0.2, 0.25) is 0 Å². The minimum absolute atomic E-state index is 0.0842. The standard InChI is InChI=1S/C14H22BrN3/c1-14(2)10-17(3)9-11(8-16)18(14)13-7-5-4-6-12(13)15/h4-7,11H,8-10,16H2,1-3H3. The second-order valence-electron chi connectivity index (χ2n) is 5.72. The predicted octanol–water partition coefficient (Wildman–Crippen LogP) is 2.31. The third-order valence-electron chi connectivity index (χ3n) is 3.58. The fourth-order valence-electron chi connectivity index (χ4n) is 3.09. The van der Waals surface area contributed by atoms with Crippen LogP contribution in [0.5, 0.6) is 0 Å². The number of halogens is 1. The molecule has 1 atom stereocenters. The van der Waals surface area contributed by atoms with Gasteiger partial charge < -0.3 is 15.5 Å². The molecule has 0 aromatic heterocycles. The Labute approximate surface area is 118 Å². The zero-order valence-electron chi connectivity index (χ0n) is 11.4. The van der Waals surface area contributed by atoms with Crippen molar-refractivity contribution < 1.29 is 0 Å². The molecule has 0 bridgehead atoms. The van der Waals surface area contributed by atoms with Gasteiger partial charge in [-0.3, -0.25) is 0 Å². The molecule has 0 spiro atoms. The van der Waals surface area contributed by atoms with Crippen molar-refractivity contribution in [2.45, 2.75) is 25.4 Å². The van der Waals surface area contributed by atoms with Crippen molar-refractivity contribution in [3.05, 3.63) is 28.7 Å². The van der Waals surface area contributed by atoms with Crippen LogP contribution >= 0.6 is 15.9 Å². The van der Waals surface area contributed by atoms with E-state index in [4.69, 9.17) is 5.73 Å². The molecule has 0 radical (unpaired) electrons. The monoisotopic (exact) mass is 311 g/mol. The SMILES string of the molecule is CN1CC(CN)N(c2ccccc2Br)C(C)(C)C1. The summed E-state index contributed by atoms with van der Waals surface area (Å²) < 4.78 is 1.14. The largest absolute Gasteiger partial charge is 0.359 e. The highest BCUT2D eigenvalue weighted by molar-refractivity contribution is 9.10. The first kappa shape index (κ1) is 13.8. The summed E-state index contributed by atoms with van der Waals surface area (Å²) >= 11 is 3.66. The summed E-state index contributed by atoms with van der Waals surface area (Å²) in [6.45, 7) is 7.30. The number of rotatable bonds is 2. The van der Waals surface area contributed by atoms with Crippen LogP contribution in [0, 0.1) is 0 Å². The molecule has 1 heterocycles. The van der Waals surface area contributed by atoms with Crippen molar-refractivity contribution in [1.29, 1.82) is 0 Å². The third kappa shape index (κ3) is 2.56. The van der Waals surface area contributed by atoms with Gasteiger partial charge in [-0.1, -0.05) is 12.1 Å². The summed E-state index contributed by atoms with van der Waals surface area (Å²) in [5.41, 5.74) is 7.31. The summed E-state index contributed by atoms with van der Waals surface area (Å²) in [7, 11) is 2.17. The lowest BCUT2D eigenvalue weighted by Gasteiger charge is -2.52. The van der Waals surface area contributed by atoms with Crippen LogP contribution in [-0.2, 0) is 0 Å². The molecule has 1 aliphatic heterocycles. The van der Waals surface area contributed by atoms with E-state index in [0.29, 0.717) is 12.6 Å². The fraction of sp³-hybridized carbons (Fsp3) is 0.571. The molecule has 18 heavy (non-hydrogen) atoms. The van der Waals surface area contributed by atoms with Crippen LogP contribution in [0.3, 0.4) is 0 Å². The Balaban J connectivity index is 2.42. The second-order valence-corrected chi connectivity index (χ2v) is 6.57. The van der Waals surface area contributed by atoms with Gasteiger partial charge in [0.05, 0.1) is 11.7 Å². The third-order valence-corrected chi connectivity index (χ3v) is 4.25. The van der Waals surface area contributed by atoms with E-state index in [-0.39, 0.29) is 5.54 Å². The molecular weight excluding hydrogens is 290 g/mol. The predicted molar refractivity (Wildman–Crippen MR) is 81.0 cm³/mol. The molecular formula is C14H22BrN3. The molecule has 2 rings (SSSR count). The highest BCUT2D eigenvalue weighted by atomic mass is 79.9. The van der Waals surface area contributed by atoms with Crippen LogP contribution in [0.25, 0.3) is 0 Å². The fourth-order valence-corrected chi connectivity index (χ4v) is 3.56. The van der Waals surface area contributed by atoms with Crippen molar-refractivity contribution in [2.24, 2.45) is 5.73 Å². The first-order valence-corrected chi connectivity index (χ1v) is 7.17. The molecule has 1 saturated heterocycles. The molecule has 1 aliphatic rings. The highest BCUT2D eigenvalue weighted by Gasteiger charge is 2.38. The quantitative estimate of drug-likeness (QED) is 0.909. The Morgan fingerprint density at radius 1 is 1.39 bits per heavy atom. The molecule has 4 heteroatoms. The smallest absolute Gasteiger partial charge is 0.0545 e. The maximum Gasteiger partial charge on any atom is 0.0545 e. The number of hydrogen-bond donors (Lipinski definition) is 1. The number of nitrogens with two attached hydrogens (primary N) is 1. The summed E-state index contributed by atoms with van der Waals surface area (Å²) in [6, 6.07) is 8.75. The molecule has 1 aromatic rings. The Bertz CT molecular complexity index is 419. The summed E-state index contributed by atoms with van der Waals surface area (Å²) in [5.74, 6) is 0. The normalized spacial score (nSPS) is 24.3. The van der Waals surface area contributed by atoms with E-state index < -0.39 is 0 Å². The molecule has 2 N–H and O–H groups in total. The van der Waals surface area contributed by atoms with E-state index in [1.54, 1.807) is 0 Å². The first-order chi connectivity index (χ1) is 8.45. The van der Waals surface area contributed by atoms with Crippen molar-refractivity contribution in [1.82, 2.24) is 4.90 Å². The van der Waals surface area contributed by atoms with Crippen LogP contribution < -0.4 is 10.6 Å².